The molecule has 0 radical (unpaired) electrons. The summed E-state index contributed by atoms with van der Waals surface area (Å²) >= 11 is 0. The zero-order chi connectivity index (χ0) is 12.0. The molecule has 2 N–H and O–H groups in total. The van der Waals surface area contributed by atoms with E-state index >= 15 is 0 Å². The minimum Gasteiger partial charge on any atom is -0.489 e. The first-order valence-electron chi connectivity index (χ1n) is 5.49. The monoisotopic (exact) mass is 224 g/mol. The highest BCUT2D eigenvalue weighted by atomic mass is 16.5. The van der Waals surface area contributed by atoms with E-state index in [-0.39, 0.29) is 5.60 Å². The van der Waals surface area contributed by atoms with Crippen LogP contribution in [0.15, 0.2) is 18.5 Å². The highest BCUT2D eigenvalue weighted by molar-refractivity contribution is 5.29. The molecule has 0 aromatic carbocycles. The number of nitrogens with zero attached hydrogens (tertiary/aromatic N) is 1. The van der Waals surface area contributed by atoms with Crippen molar-refractivity contribution in [3.63, 3.8) is 0 Å². The summed E-state index contributed by atoms with van der Waals surface area (Å²) in [5.74, 6) is 0.734. The predicted molar refractivity (Wildman–Crippen MR) is 63.3 cm³/mol. The topological polar surface area (TPSA) is 57.4 Å². The number of aromatic nitrogens is 1. The largest absolute Gasteiger partial charge is 0.489 e. The molecule has 0 aliphatic heterocycles. The predicted octanol–water partition coefficient (Wildman–Crippen LogP) is 1.73. The zero-order valence-corrected chi connectivity index (χ0v) is 10.2. The van der Waals surface area contributed by atoms with Gasteiger partial charge < -0.3 is 15.2 Å². The van der Waals surface area contributed by atoms with Gasteiger partial charge in [-0.3, -0.25) is 4.98 Å². The molecule has 0 amide bonds. The molecule has 0 spiro atoms. The summed E-state index contributed by atoms with van der Waals surface area (Å²) in [6, 6.07) is 1.86. The van der Waals surface area contributed by atoms with Crippen molar-refractivity contribution in [3.05, 3.63) is 24.0 Å². The van der Waals surface area contributed by atoms with Crippen LogP contribution in [-0.2, 0) is 11.3 Å². The first kappa shape index (κ1) is 12.9. The normalized spacial score (nSPS) is 11.5. The summed E-state index contributed by atoms with van der Waals surface area (Å²) in [5, 5.41) is 0. The third kappa shape index (κ3) is 3.79. The smallest absolute Gasteiger partial charge is 0.142 e. The molecule has 90 valence electrons. The highest BCUT2D eigenvalue weighted by Gasteiger charge is 2.19. The van der Waals surface area contributed by atoms with Crippen molar-refractivity contribution in [2.45, 2.75) is 32.9 Å². The second-order valence-electron chi connectivity index (χ2n) is 4.17. The molecule has 0 aliphatic rings. The Morgan fingerprint density at radius 1 is 1.44 bits per heavy atom. The molecule has 1 aromatic heterocycles. The van der Waals surface area contributed by atoms with Gasteiger partial charge in [-0.2, -0.15) is 0 Å². The summed E-state index contributed by atoms with van der Waals surface area (Å²) < 4.78 is 11.2. The number of hydrogen-bond acceptors (Lipinski definition) is 4. The van der Waals surface area contributed by atoms with Crippen LogP contribution < -0.4 is 10.5 Å². The molecule has 0 saturated carbocycles. The van der Waals surface area contributed by atoms with Crippen molar-refractivity contribution in [3.8, 4) is 5.75 Å². The maximum Gasteiger partial charge on any atom is 0.142 e. The fraction of sp³-hybridized carbons (Fsp3) is 0.583. The van der Waals surface area contributed by atoms with Crippen LogP contribution in [0.1, 0.15) is 26.3 Å². The number of pyridine rings is 1. The van der Waals surface area contributed by atoms with Gasteiger partial charge in [-0.05, 0) is 26.8 Å². The van der Waals surface area contributed by atoms with Gasteiger partial charge in [0.05, 0.1) is 11.8 Å². The molecule has 0 atom stereocenters. The summed E-state index contributed by atoms with van der Waals surface area (Å²) in [7, 11) is 0. The lowest BCUT2D eigenvalue weighted by Gasteiger charge is -2.25. The van der Waals surface area contributed by atoms with E-state index in [9.17, 15) is 0 Å². The van der Waals surface area contributed by atoms with Crippen molar-refractivity contribution >= 4 is 0 Å². The third-order valence-corrected chi connectivity index (χ3v) is 2.20. The molecule has 0 aliphatic carbocycles. The standard InChI is InChI=1S/C12H20N2O2/c1-4-16-12(2,3)9-15-11-8-14-6-5-10(11)7-13/h5-6,8H,4,7,9,13H2,1-3H3. The van der Waals surface area contributed by atoms with Crippen molar-refractivity contribution < 1.29 is 9.47 Å². The van der Waals surface area contributed by atoms with E-state index in [1.54, 1.807) is 12.4 Å². The summed E-state index contributed by atoms with van der Waals surface area (Å²) in [6.45, 7) is 7.57. The fourth-order valence-corrected chi connectivity index (χ4v) is 1.39. The summed E-state index contributed by atoms with van der Waals surface area (Å²) in [5.41, 5.74) is 6.27. The van der Waals surface area contributed by atoms with Crippen LogP contribution in [0.25, 0.3) is 0 Å². The Labute approximate surface area is 96.8 Å². The Balaban J connectivity index is 2.60. The molecule has 0 bridgehead atoms. The van der Waals surface area contributed by atoms with Crippen LogP contribution in [-0.4, -0.2) is 23.8 Å². The van der Waals surface area contributed by atoms with E-state index in [2.05, 4.69) is 4.98 Å². The Morgan fingerprint density at radius 3 is 2.81 bits per heavy atom. The SMILES string of the molecule is CCOC(C)(C)COc1cnccc1CN. The van der Waals surface area contributed by atoms with Gasteiger partial charge in [0, 0.05) is 24.9 Å². The first-order chi connectivity index (χ1) is 7.59. The van der Waals surface area contributed by atoms with Gasteiger partial charge in [-0.25, -0.2) is 0 Å². The Bertz CT molecular complexity index is 327. The molecule has 0 unspecified atom stereocenters. The summed E-state index contributed by atoms with van der Waals surface area (Å²) in [6.07, 6.45) is 3.40. The quantitative estimate of drug-likeness (QED) is 0.799. The van der Waals surface area contributed by atoms with Crippen LogP contribution in [0.5, 0.6) is 5.75 Å². The molecule has 1 aromatic rings. The van der Waals surface area contributed by atoms with Crippen LogP contribution in [0, 0.1) is 0 Å². The molecular formula is C12H20N2O2. The average molecular weight is 224 g/mol. The minimum absolute atomic E-state index is 0.295. The maximum atomic E-state index is 5.68. The van der Waals surface area contributed by atoms with Crippen LogP contribution in [0.2, 0.25) is 0 Å². The molecule has 0 fully saturated rings. The van der Waals surface area contributed by atoms with Crippen molar-refractivity contribution in [1.29, 1.82) is 0 Å². The van der Waals surface area contributed by atoms with Gasteiger partial charge in [0.15, 0.2) is 0 Å². The van der Waals surface area contributed by atoms with Gasteiger partial charge >= 0.3 is 0 Å². The number of nitrogens with two attached hydrogens (primary N) is 1. The fourth-order valence-electron chi connectivity index (χ4n) is 1.39. The number of ether oxygens (including phenoxy) is 2. The Hall–Kier alpha value is -1.13. The van der Waals surface area contributed by atoms with Gasteiger partial charge in [-0.1, -0.05) is 0 Å². The van der Waals surface area contributed by atoms with Gasteiger partial charge in [0.1, 0.15) is 12.4 Å². The zero-order valence-electron chi connectivity index (χ0n) is 10.2. The number of rotatable bonds is 6. The molecular weight excluding hydrogens is 204 g/mol. The average Bonchev–Trinajstić information content (AvgIpc) is 2.27. The maximum absolute atomic E-state index is 5.68. The molecule has 1 rings (SSSR count). The van der Waals surface area contributed by atoms with Gasteiger partial charge in [-0.15, -0.1) is 0 Å². The highest BCUT2D eigenvalue weighted by Crippen LogP contribution is 2.18. The van der Waals surface area contributed by atoms with Crippen LogP contribution >= 0.6 is 0 Å². The first-order valence-corrected chi connectivity index (χ1v) is 5.49. The molecule has 4 nitrogen and oxygen atoms in total. The van der Waals surface area contributed by atoms with E-state index in [1.807, 2.05) is 26.8 Å². The van der Waals surface area contributed by atoms with Crippen molar-refractivity contribution in [2.75, 3.05) is 13.2 Å². The minimum atomic E-state index is -0.295. The Kier molecular flexibility index (Phi) is 4.71. The third-order valence-electron chi connectivity index (χ3n) is 2.20. The van der Waals surface area contributed by atoms with Crippen molar-refractivity contribution in [1.82, 2.24) is 4.98 Å². The van der Waals surface area contributed by atoms with E-state index in [0.29, 0.717) is 19.8 Å². The number of hydrogen-bond donors (Lipinski definition) is 1. The summed E-state index contributed by atoms with van der Waals surface area (Å²) in [4.78, 5) is 4.02. The lowest BCUT2D eigenvalue weighted by atomic mass is 10.1. The molecule has 1 heterocycles. The van der Waals surface area contributed by atoms with E-state index < -0.39 is 0 Å². The van der Waals surface area contributed by atoms with E-state index in [1.165, 1.54) is 0 Å². The second kappa shape index (κ2) is 5.82. The lowest BCUT2D eigenvalue weighted by Crippen LogP contribution is -2.32. The van der Waals surface area contributed by atoms with Crippen LogP contribution in [0.3, 0.4) is 0 Å². The van der Waals surface area contributed by atoms with Crippen LogP contribution in [0.4, 0.5) is 0 Å². The lowest BCUT2D eigenvalue weighted by molar-refractivity contribution is -0.0409. The molecule has 0 saturated heterocycles. The van der Waals surface area contributed by atoms with Crippen molar-refractivity contribution in [2.24, 2.45) is 5.73 Å². The second-order valence-corrected chi connectivity index (χ2v) is 4.17. The molecule has 4 heteroatoms. The Morgan fingerprint density at radius 2 is 2.19 bits per heavy atom. The molecule has 16 heavy (non-hydrogen) atoms. The van der Waals surface area contributed by atoms with E-state index in [4.69, 9.17) is 15.2 Å². The van der Waals surface area contributed by atoms with E-state index in [0.717, 1.165) is 11.3 Å². The van der Waals surface area contributed by atoms with Gasteiger partial charge in [0.2, 0.25) is 0 Å². The van der Waals surface area contributed by atoms with Gasteiger partial charge in [0.25, 0.3) is 0 Å².